The molecule has 0 unspecified atom stereocenters. The number of nitrogens with one attached hydrogen (secondary N) is 1. The molecule has 0 radical (unpaired) electrons. The maximum Gasteiger partial charge on any atom is 0.335 e. The van der Waals surface area contributed by atoms with Gasteiger partial charge in [-0.05, 0) is 134 Å². The Morgan fingerprint density at radius 3 is 2.29 bits per heavy atom. The lowest BCUT2D eigenvalue weighted by Gasteiger charge is -2.74. The molecular formula is C45H65NO10. The Hall–Kier alpha value is -2.54. The van der Waals surface area contributed by atoms with E-state index in [1.807, 2.05) is 0 Å². The largest absolute Gasteiger partial charge is 0.481 e. The first-order valence-corrected chi connectivity index (χ1v) is 21.3. The molecule has 7 aliphatic rings. The van der Waals surface area contributed by atoms with E-state index >= 15 is 0 Å². The summed E-state index contributed by atoms with van der Waals surface area (Å²) in [6.45, 7) is 13.6. The van der Waals surface area contributed by atoms with Gasteiger partial charge in [0, 0.05) is 12.4 Å². The zero-order valence-electron chi connectivity index (χ0n) is 34.1. The zero-order chi connectivity index (χ0) is 40.4. The van der Waals surface area contributed by atoms with Crippen molar-refractivity contribution in [3.63, 3.8) is 0 Å². The van der Waals surface area contributed by atoms with Crippen molar-refractivity contribution in [3.8, 4) is 0 Å². The van der Waals surface area contributed by atoms with Crippen LogP contribution in [0.5, 0.6) is 0 Å². The Balaban J connectivity index is 1.20. The minimum Gasteiger partial charge on any atom is -0.481 e. The third-order valence-corrected chi connectivity index (χ3v) is 18.3. The highest BCUT2D eigenvalue weighted by Gasteiger charge is 2.76. The van der Waals surface area contributed by atoms with Gasteiger partial charge in [0.2, 0.25) is 0 Å². The second-order valence-corrected chi connectivity index (χ2v) is 20.5. The SMILES string of the molecule is CCc1c[nH]cc1CC[C@]12CC[C@H](O[C@@H]3O[C@H](C(=O)O)[C@@H](O)[C@H](O)[C@H]3O)C(C)(C)[C@@H]1CC[C@]1(C)[C@@H]2CC=C2[C@@]1(C)CC[C@@]1(C(=O)O)CC[C@]3(C)CC=C[C@]21[C@@H]3O. The molecule has 15 atom stereocenters. The van der Waals surface area contributed by atoms with Crippen molar-refractivity contribution in [2.24, 2.45) is 49.7 Å². The van der Waals surface area contributed by atoms with E-state index in [-0.39, 0.29) is 33.5 Å². The molecule has 0 aromatic carbocycles. The van der Waals surface area contributed by atoms with Crippen molar-refractivity contribution in [1.82, 2.24) is 4.98 Å². The van der Waals surface area contributed by atoms with Crippen LogP contribution in [0.2, 0.25) is 0 Å². The summed E-state index contributed by atoms with van der Waals surface area (Å²) in [5.41, 5.74) is 0.255. The summed E-state index contributed by atoms with van der Waals surface area (Å²) in [6.07, 6.45) is 11.6. The Bertz CT molecular complexity index is 1800. The molecule has 1 saturated heterocycles. The molecule has 5 fully saturated rings. The Kier molecular flexibility index (Phi) is 9.51. The molecule has 2 heterocycles. The molecule has 1 aromatic rings. The van der Waals surface area contributed by atoms with Crippen molar-refractivity contribution in [2.45, 2.75) is 168 Å². The number of carbonyl (C=O) groups is 2. The van der Waals surface area contributed by atoms with Crippen LogP contribution in [-0.4, -0.2) is 90.5 Å². The van der Waals surface area contributed by atoms with Crippen LogP contribution in [0.15, 0.2) is 36.2 Å². The van der Waals surface area contributed by atoms with Crippen LogP contribution in [0.1, 0.15) is 123 Å². The average molecular weight is 780 g/mol. The summed E-state index contributed by atoms with van der Waals surface area (Å²) in [7, 11) is 0. The van der Waals surface area contributed by atoms with Gasteiger partial charge < -0.3 is 45.1 Å². The van der Waals surface area contributed by atoms with Crippen LogP contribution in [0, 0.1) is 49.7 Å². The van der Waals surface area contributed by atoms with Crippen LogP contribution >= 0.6 is 0 Å². The topological polar surface area (TPSA) is 190 Å². The summed E-state index contributed by atoms with van der Waals surface area (Å²) in [4.78, 5) is 28.9. The van der Waals surface area contributed by atoms with Crippen molar-refractivity contribution in [3.05, 3.63) is 47.3 Å². The number of allylic oxidation sites excluding steroid dienone is 2. The number of fused-ring (bicyclic) bond motifs is 6. The zero-order valence-corrected chi connectivity index (χ0v) is 34.1. The molecule has 1 aromatic heterocycles. The molecule has 2 bridgehead atoms. The van der Waals surface area contributed by atoms with E-state index in [2.05, 4.69) is 77.1 Å². The molecule has 1 aliphatic heterocycles. The van der Waals surface area contributed by atoms with E-state index in [0.29, 0.717) is 25.7 Å². The fraction of sp³-hybridized carbons (Fsp3) is 0.778. The molecule has 310 valence electrons. The number of aliphatic hydroxyl groups excluding tert-OH is 4. The number of H-pyrrole nitrogens is 1. The quantitative estimate of drug-likeness (QED) is 0.123. The predicted molar refractivity (Wildman–Crippen MR) is 207 cm³/mol. The van der Waals surface area contributed by atoms with Crippen LogP contribution in [0.3, 0.4) is 0 Å². The highest BCUT2D eigenvalue weighted by atomic mass is 16.7. The third kappa shape index (κ3) is 5.09. The molecule has 6 aliphatic carbocycles. The van der Waals surface area contributed by atoms with Crippen molar-refractivity contribution < 1.29 is 49.7 Å². The van der Waals surface area contributed by atoms with E-state index in [1.54, 1.807) is 0 Å². The summed E-state index contributed by atoms with van der Waals surface area (Å²) in [5, 5.41) is 65.3. The van der Waals surface area contributed by atoms with Crippen LogP contribution in [0.4, 0.5) is 0 Å². The van der Waals surface area contributed by atoms with Gasteiger partial charge in [-0.1, -0.05) is 65.3 Å². The maximum atomic E-state index is 13.6. The van der Waals surface area contributed by atoms with Crippen molar-refractivity contribution in [2.75, 3.05) is 0 Å². The van der Waals surface area contributed by atoms with Gasteiger partial charge in [-0.3, -0.25) is 4.79 Å². The van der Waals surface area contributed by atoms with Gasteiger partial charge in [-0.25, -0.2) is 4.79 Å². The number of carboxylic acid groups (broad SMARTS) is 2. The first kappa shape index (κ1) is 40.2. The first-order chi connectivity index (χ1) is 26.3. The molecule has 56 heavy (non-hydrogen) atoms. The van der Waals surface area contributed by atoms with Gasteiger partial charge >= 0.3 is 11.9 Å². The average Bonchev–Trinajstić information content (AvgIpc) is 3.61. The maximum absolute atomic E-state index is 13.6. The first-order valence-electron chi connectivity index (χ1n) is 21.3. The normalized spacial score (nSPS) is 49.1. The third-order valence-electron chi connectivity index (χ3n) is 18.3. The smallest absolute Gasteiger partial charge is 0.335 e. The molecular weight excluding hydrogens is 714 g/mol. The number of aliphatic carboxylic acids is 2. The van der Waals surface area contributed by atoms with Crippen molar-refractivity contribution in [1.29, 1.82) is 0 Å². The molecule has 11 nitrogen and oxygen atoms in total. The van der Waals surface area contributed by atoms with Crippen LogP contribution < -0.4 is 0 Å². The number of aromatic nitrogens is 1. The fourth-order valence-electron chi connectivity index (χ4n) is 14.9. The van der Waals surface area contributed by atoms with Gasteiger partial charge in [-0.2, -0.15) is 0 Å². The Morgan fingerprint density at radius 1 is 0.875 bits per heavy atom. The number of aryl methyl sites for hydroxylation is 2. The summed E-state index contributed by atoms with van der Waals surface area (Å²) in [6, 6.07) is 0. The number of hydrogen-bond acceptors (Lipinski definition) is 8. The van der Waals surface area contributed by atoms with E-state index in [4.69, 9.17) is 9.47 Å². The number of carboxylic acids is 2. The predicted octanol–water partition coefficient (Wildman–Crippen LogP) is 5.93. The Morgan fingerprint density at radius 2 is 1.59 bits per heavy atom. The molecule has 8 rings (SSSR count). The lowest BCUT2D eigenvalue weighted by molar-refractivity contribution is -0.325. The molecule has 7 N–H and O–H groups in total. The van der Waals surface area contributed by atoms with E-state index in [0.717, 1.165) is 63.4 Å². The summed E-state index contributed by atoms with van der Waals surface area (Å²) < 4.78 is 12.2. The van der Waals surface area contributed by atoms with Gasteiger partial charge in [0.15, 0.2) is 12.4 Å². The van der Waals surface area contributed by atoms with Crippen LogP contribution in [0.25, 0.3) is 0 Å². The molecule has 1 spiro atoms. The number of rotatable bonds is 8. The van der Waals surface area contributed by atoms with Crippen LogP contribution in [-0.2, 0) is 31.9 Å². The minimum absolute atomic E-state index is 0.143. The van der Waals surface area contributed by atoms with E-state index in [9.17, 15) is 40.2 Å². The van der Waals surface area contributed by atoms with Gasteiger partial charge in [0.1, 0.15) is 18.3 Å². The van der Waals surface area contributed by atoms with Crippen molar-refractivity contribution >= 4 is 11.9 Å². The minimum atomic E-state index is -1.79. The van der Waals surface area contributed by atoms with E-state index in [1.165, 1.54) is 11.1 Å². The lowest BCUT2D eigenvalue weighted by Crippen LogP contribution is -2.71. The molecule has 4 saturated carbocycles. The number of ether oxygens (including phenoxy) is 2. The lowest BCUT2D eigenvalue weighted by atomic mass is 9.29. The number of hydrogen-bond donors (Lipinski definition) is 7. The summed E-state index contributed by atoms with van der Waals surface area (Å²) >= 11 is 0. The number of aliphatic hydroxyl groups is 4. The Labute approximate surface area is 330 Å². The fourth-order valence-corrected chi connectivity index (χ4v) is 14.9. The monoisotopic (exact) mass is 779 g/mol. The second-order valence-electron chi connectivity index (χ2n) is 20.5. The summed E-state index contributed by atoms with van der Waals surface area (Å²) in [5.74, 6) is -1.79. The van der Waals surface area contributed by atoms with Gasteiger partial charge in [0.25, 0.3) is 0 Å². The number of aromatic amines is 1. The highest BCUT2D eigenvalue weighted by Crippen LogP contribution is 2.80. The molecule has 0 amide bonds. The molecule has 11 heteroatoms. The van der Waals surface area contributed by atoms with Gasteiger partial charge in [0.05, 0.1) is 23.0 Å². The van der Waals surface area contributed by atoms with E-state index < -0.39 is 71.1 Å². The standard InChI is InChI=1S/C45H65NO10/c1-7-25-23-46-24-26(25)11-17-43-18-13-30(55-36-33(49)31(47)32(48)34(56-36)35(50)51)39(2,3)27(43)12-16-41(5)28(43)9-10-29-42(41,6)20-22-44(38(53)54)21-19-40(4)14-8-15-45(29,44)37(40)52/h8,10,15,23-24,27-28,30-34,36-37,46-49,52H,7,9,11-14,16-22H2,1-6H3,(H,50,51)(H,53,54)/t27-,28-,30-,31-,32-,33+,34-,36+,37+,40-,41+,42+,43-,44+,45+/m0/s1. The highest BCUT2D eigenvalue weighted by molar-refractivity contribution is 5.79. The second kappa shape index (κ2) is 13.2. The van der Waals surface area contributed by atoms with Gasteiger partial charge in [-0.15, -0.1) is 0 Å².